The van der Waals surface area contributed by atoms with Crippen molar-refractivity contribution in [3.05, 3.63) is 35.4 Å². The molecular weight excluding hydrogens is 294 g/mol. The van der Waals surface area contributed by atoms with E-state index in [-0.39, 0.29) is 23.7 Å². The second-order valence-corrected chi connectivity index (χ2v) is 6.91. The van der Waals surface area contributed by atoms with Gasteiger partial charge in [0.25, 0.3) is 0 Å². The number of likely N-dealkylation sites (tertiary alicyclic amines) is 1. The molecule has 1 spiro atoms. The van der Waals surface area contributed by atoms with Crippen molar-refractivity contribution in [3.63, 3.8) is 0 Å². The molecule has 23 heavy (non-hydrogen) atoms. The van der Waals surface area contributed by atoms with Crippen LogP contribution in [0.3, 0.4) is 0 Å². The van der Waals surface area contributed by atoms with Gasteiger partial charge in [-0.05, 0) is 24.1 Å². The van der Waals surface area contributed by atoms with E-state index in [1.165, 1.54) is 5.56 Å². The van der Waals surface area contributed by atoms with Crippen molar-refractivity contribution in [2.24, 2.45) is 5.92 Å². The Morgan fingerprint density at radius 3 is 2.96 bits per heavy atom. The number of carbonyl (C=O) groups excluding carboxylic acids is 2. The van der Waals surface area contributed by atoms with Crippen molar-refractivity contribution >= 4 is 11.7 Å². The summed E-state index contributed by atoms with van der Waals surface area (Å²) in [5.41, 5.74) is 1.65. The summed E-state index contributed by atoms with van der Waals surface area (Å²) in [5, 5.41) is 0. The van der Waals surface area contributed by atoms with Gasteiger partial charge in [-0.3, -0.25) is 9.59 Å². The van der Waals surface area contributed by atoms with Crippen molar-refractivity contribution < 1.29 is 19.1 Å². The van der Waals surface area contributed by atoms with Crippen LogP contribution in [0.4, 0.5) is 0 Å². The van der Waals surface area contributed by atoms with E-state index in [4.69, 9.17) is 9.47 Å². The number of nitrogens with zero attached hydrogens (tertiary/aromatic N) is 1. The van der Waals surface area contributed by atoms with E-state index in [1.807, 2.05) is 24.1 Å². The number of piperidine rings is 1. The molecule has 5 heteroatoms. The lowest BCUT2D eigenvalue weighted by Gasteiger charge is -2.54. The van der Waals surface area contributed by atoms with Crippen LogP contribution in [-0.2, 0) is 21.4 Å². The zero-order valence-corrected chi connectivity index (χ0v) is 13.0. The molecule has 2 bridgehead atoms. The SMILES string of the molecule is COc1ccc2c3c1O[C@@H]1C(=O)C=C[C@@H]4[C@H](C2)N(C)C(=O)C[C@@]314. The molecule has 5 rings (SSSR count). The standard InChI is InChI=1S/C18H17NO4/c1-19-11-7-9-3-6-13(22-2)16-15(9)18(8-14(19)21)10(11)4-5-12(20)17(18)23-16/h3-6,10-11,17H,7-8H2,1-2H3/t10-,11+,17-,18-/m1/s1. The Balaban J connectivity index is 1.86. The van der Waals surface area contributed by atoms with Gasteiger partial charge in [-0.1, -0.05) is 12.1 Å². The van der Waals surface area contributed by atoms with E-state index in [0.29, 0.717) is 17.9 Å². The van der Waals surface area contributed by atoms with Gasteiger partial charge < -0.3 is 14.4 Å². The highest BCUT2D eigenvalue weighted by Gasteiger charge is 2.66. The van der Waals surface area contributed by atoms with Crippen molar-refractivity contribution in [2.45, 2.75) is 30.4 Å². The molecule has 0 aromatic heterocycles. The predicted octanol–water partition coefficient (Wildman–Crippen LogP) is 1.24. The van der Waals surface area contributed by atoms with Crippen LogP contribution in [0, 0.1) is 5.92 Å². The Labute approximate surface area is 133 Å². The summed E-state index contributed by atoms with van der Waals surface area (Å²) in [5.74, 6) is 1.46. The predicted molar refractivity (Wildman–Crippen MR) is 81.6 cm³/mol. The van der Waals surface area contributed by atoms with E-state index < -0.39 is 11.5 Å². The average Bonchev–Trinajstić information content (AvgIpc) is 2.89. The molecule has 118 valence electrons. The molecule has 1 amide bonds. The first-order valence-corrected chi connectivity index (χ1v) is 7.92. The van der Waals surface area contributed by atoms with Gasteiger partial charge in [0.2, 0.25) is 5.91 Å². The minimum Gasteiger partial charge on any atom is -0.493 e. The number of hydrogen-bond acceptors (Lipinski definition) is 4. The Kier molecular flexibility index (Phi) is 2.27. The number of hydrogen-bond donors (Lipinski definition) is 0. The number of methoxy groups -OCH3 is 1. The Morgan fingerprint density at radius 1 is 1.35 bits per heavy atom. The molecule has 0 radical (unpaired) electrons. The van der Waals surface area contributed by atoms with Crippen LogP contribution in [0.25, 0.3) is 0 Å². The number of amides is 1. The van der Waals surface area contributed by atoms with Crippen LogP contribution in [-0.4, -0.2) is 42.9 Å². The second-order valence-electron chi connectivity index (χ2n) is 6.91. The van der Waals surface area contributed by atoms with E-state index in [0.717, 1.165) is 12.0 Å². The Morgan fingerprint density at radius 2 is 2.17 bits per heavy atom. The van der Waals surface area contributed by atoms with Gasteiger partial charge in [-0.15, -0.1) is 0 Å². The first kappa shape index (κ1) is 13.2. The van der Waals surface area contributed by atoms with Gasteiger partial charge >= 0.3 is 0 Å². The summed E-state index contributed by atoms with van der Waals surface area (Å²) >= 11 is 0. The highest BCUT2D eigenvalue weighted by atomic mass is 16.5. The fourth-order valence-electron chi connectivity index (χ4n) is 5.09. The van der Waals surface area contributed by atoms with Gasteiger partial charge in [0.15, 0.2) is 23.4 Å². The van der Waals surface area contributed by atoms with Gasteiger partial charge in [0.05, 0.1) is 12.5 Å². The monoisotopic (exact) mass is 311 g/mol. The lowest BCUT2D eigenvalue weighted by atomic mass is 9.53. The van der Waals surface area contributed by atoms with E-state index >= 15 is 0 Å². The molecule has 2 aliphatic heterocycles. The van der Waals surface area contributed by atoms with Crippen LogP contribution >= 0.6 is 0 Å². The number of carbonyl (C=O) groups is 2. The van der Waals surface area contributed by atoms with Crippen LogP contribution < -0.4 is 9.47 Å². The van der Waals surface area contributed by atoms with Gasteiger partial charge in [-0.2, -0.15) is 0 Å². The minimum atomic E-state index is -0.608. The molecular formula is C18H17NO4. The zero-order chi connectivity index (χ0) is 15.9. The van der Waals surface area contributed by atoms with Crippen molar-refractivity contribution in [2.75, 3.05) is 14.2 Å². The molecule has 0 N–H and O–H groups in total. The first-order valence-electron chi connectivity index (χ1n) is 7.92. The smallest absolute Gasteiger partial charge is 0.223 e. The lowest BCUT2D eigenvalue weighted by molar-refractivity contribution is -0.145. The summed E-state index contributed by atoms with van der Waals surface area (Å²) in [4.78, 5) is 27.0. The van der Waals surface area contributed by atoms with Gasteiger partial charge in [0.1, 0.15) is 0 Å². The largest absolute Gasteiger partial charge is 0.493 e. The van der Waals surface area contributed by atoms with Crippen LogP contribution in [0.1, 0.15) is 17.5 Å². The number of ether oxygens (including phenoxy) is 2. The third-order valence-corrected chi connectivity index (χ3v) is 6.10. The lowest BCUT2D eigenvalue weighted by Crippen LogP contribution is -2.65. The van der Waals surface area contributed by atoms with E-state index in [2.05, 4.69) is 6.07 Å². The topological polar surface area (TPSA) is 55.8 Å². The normalized spacial score (nSPS) is 35.9. The molecule has 1 aromatic rings. The average molecular weight is 311 g/mol. The number of benzene rings is 1. The third-order valence-electron chi connectivity index (χ3n) is 6.10. The number of ketones is 1. The molecule has 1 fully saturated rings. The second kappa shape index (κ2) is 3.96. The fourth-order valence-corrected chi connectivity index (χ4v) is 5.09. The zero-order valence-electron chi connectivity index (χ0n) is 13.0. The summed E-state index contributed by atoms with van der Waals surface area (Å²) in [6, 6.07) is 4.04. The fraction of sp³-hybridized carbons (Fsp3) is 0.444. The molecule has 2 aliphatic carbocycles. The molecule has 0 saturated carbocycles. The highest BCUT2D eigenvalue weighted by molar-refractivity contribution is 5.99. The maximum atomic E-state index is 12.6. The Bertz CT molecular complexity index is 798. The highest BCUT2D eigenvalue weighted by Crippen LogP contribution is 2.62. The van der Waals surface area contributed by atoms with Crippen LogP contribution in [0.5, 0.6) is 11.5 Å². The van der Waals surface area contributed by atoms with Crippen LogP contribution in [0.15, 0.2) is 24.3 Å². The molecule has 2 heterocycles. The minimum absolute atomic E-state index is 0.0524. The van der Waals surface area contributed by atoms with Crippen molar-refractivity contribution in [3.8, 4) is 11.5 Å². The summed E-state index contributed by atoms with van der Waals surface area (Å²) < 4.78 is 11.5. The molecule has 4 atom stereocenters. The molecule has 4 aliphatic rings. The third kappa shape index (κ3) is 1.31. The Hall–Kier alpha value is -2.30. The summed E-state index contributed by atoms with van der Waals surface area (Å²) in [6.45, 7) is 0. The van der Waals surface area contributed by atoms with E-state index in [9.17, 15) is 9.59 Å². The number of likely N-dealkylation sites (N-methyl/N-ethyl adjacent to an activating group) is 1. The maximum Gasteiger partial charge on any atom is 0.223 e. The van der Waals surface area contributed by atoms with E-state index in [1.54, 1.807) is 13.2 Å². The van der Waals surface area contributed by atoms with Gasteiger partial charge in [-0.25, -0.2) is 0 Å². The van der Waals surface area contributed by atoms with Gasteiger partial charge in [0, 0.05) is 31.0 Å². The van der Waals surface area contributed by atoms with Crippen molar-refractivity contribution in [1.29, 1.82) is 0 Å². The molecule has 1 saturated heterocycles. The molecule has 1 aromatic carbocycles. The quantitative estimate of drug-likeness (QED) is 0.783. The molecule has 5 nitrogen and oxygen atoms in total. The van der Waals surface area contributed by atoms with Crippen molar-refractivity contribution in [1.82, 2.24) is 4.90 Å². The summed E-state index contributed by atoms with van der Waals surface area (Å²) in [7, 11) is 3.47. The molecule has 0 unspecified atom stereocenters. The van der Waals surface area contributed by atoms with Crippen LogP contribution in [0.2, 0.25) is 0 Å². The number of rotatable bonds is 1. The maximum absolute atomic E-state index is 12.6. The summed E-state index contributed by atoms with van der Waals surface area (Å²) in [6.07, 6.45) is 4.12. The first-order chi connectivity index (χ1) is 11.1.